The number of aryl methyl sites for hydroxylation is 1. The summed E-state index contributed by atoms with van der Waals surface area (Å²) in [6.45, 7) is 0. The average molecular weight is 336 g/mol. The van der Waals surface area contributed by atoms with Gasteiger partial charge in [-0.05, 0) is 36.2 Å². The number of fused-ring (bicyclic) bond motifs is 1. The number of oxazole rings is 1. The summed E-state index contributed by atoms with van der Waals surface area (Å²) in [7, 11) is 0. The fraction of sp³-hybridized carbons (Fsp3) is 0.125. The van der Waals surface area contributed by atoms with Crippen LogP contribution in [-0.4, -0.2) is 16.1 Å². The molecule has 2 aromatic carbocycles. The molecule has 0 radical (unpaired) electrons. The number of carbonyl (C=O) groups is 1. The van der Waals surface area contributed by atoms with Crippen LogP contribution in [-0.2, 0) is 11.2 Å². The lowest BCUT2D eigenvalue weighted by Crippen LogP contribution is -1.97. The van der Waals surface area contributed by atoms with E-state index in [1.165, 1.54) is 0 Å². The van der Waals surface area contributed by atoms with Gasteiger partial charge in [0.15, 0.2) is 5.58 Å². The van der Waals surface area contributed by atoms with Gasteiger partial charge in [0.1, 0.15) is 5.52 Å². The number of aromatic nitrogens is 1. The van der Waals surface area contributed by atoms with Crippen LogP contribution in [0.5, 0.6) is 0 Å². The molecule has 1 N–H and O–H groups in total. The molecule has 1 aromatic heterocycles. The molecule has 22 heavy (non-hydrogen) atoms. The molecule has 0 bridgehead atoms. The lowest BCUT2D eigenvalue weighted by Gasteiger charge is -2.00. The quantitative estimate of drug-likeness (QED) is 0.742. The number of aliphatic carboxylic acids is 1. The normalized spacial score (nSPS) is 11.0. The van der Waals surface area contributed by atoms with Crippen LogP contribution in [0, 0.1) is 0 Å². The Kier molecular flexibility index (Phi) is 4.05. The molecule has 4 nitrogen and oxygen atoms in total. The minimum Gasteiger partial charge on any atom is -0.481 e. The summed E-state index contributed by atoms with van der Waals surface area (Å²) in [6, 6.07) is 10.6. The lowest BCUT2D eigenvalue weighted by atomic mass is 10.1. The second-order valence-corrected chi connectivity index (χ2v) is 5.65. The fourth-order valence-electron chi connectivity index (χ4n) is 2.24. The van der Waals surface area contributed by atoms with Gasteiger partial charge in [-0.15, -0.1) is 0 Å². The second-order valence-electron chi connectivity index (χ2n) is 4.81. The summed E-state index contributed by atoms with van der Waals surface area (Å²) < 4.78 is 5.81. The highest BCUT2D eigenvalue weighted by atomic mass is 35.5. The van der Waals surface area contributed by atoms with Gasteiger partial charge in [0.2, 0.25) is 5.89 Å². The summed E-state index contributed by atoms with van der Waals surface area (Å²) in [5, 5.41) is 9.87. The molecule has 0 aliphatic carbocycles. The van der Waals surface area contributed by atoms with E-state index in [0.29, 0.717) is 39.0 Å². The highest BCUT2D eigenvalue weighted by molar-refractivity contribution is 6.33. The maximum atomic E-state index is 10.8. The zero-order valence-corrected chi connectivity index (χ0v) is 12.9. The molecule has 0 fully saturated rings. The van der Waals surface area contributed by atoms with Gasteiger partial charge in [0.25, 0.3) is 0 Å². The minimum atomic E-state index is -0.876. The van der Waals surface area contributed by atoms with Gasteiger partial charge in [-0.2, -0.15) is 0 Å². The predicted octanol–water partition coefficient (Wildman–Crippen LogP) is 4.82. The van der Waals surface area contributed by atoms with Crippen molar-refractivity contribution in [3.8, 4) is 11.5 Å². The highest BCUT2D eigenvalue weighted by Gasteiger charge is 2.15. The van der Waals surface area contributed by atoms with Crippen LogP contribution in [0.4, 0.5) is 0 Å². The Labute approximate surface area is 136 Å². The topological polar surface area (TPSA) is 63.3 Å². The van der Waals surface area contributed by atoms with Crippen molar-refractivity contribution in [1.82, 2.24) is 4.98 Å². The van der Waals surface area contributed by atoms with E-state index >= 15 is 0 Å². The van der Waals surface area contributed by atoms with Gasteiger partial charge >= 0.3 is 5.97 Å². The second kappa shape index (κ2) is 5.99. The SMILES string of the molecule is O=C(O)CCc1cc(Cl)cc2nc(-c3ccccc3Cl)oc12. The van der Waals surface area contributed by atoms with E-state index in [9.17, 15) is 4.79 Å². The minimum absolute atomic E-state index is 0.00241. The number of hydrogen-bond acceptors (Lipinski definition) is 3. The molecule has 0 unspecified atom stereocenters. The first-order chi connectivity index (χ1) is 10.5. The summed E-state index contributed by atoms with van der Waals surface area (Å²) in [6.07, 6.45) is 0.321. The molecule has 0 saturated carbocycles. The van der Waals surface area contributed by atoms with Crippen LogP contribution in [0.2, 0.25) is 10.0 Å². The molecule has 112 valence electrons. The zero-order chi connectivity index (χ0) is 15.7. The van der Waals surface area contributed by atoms with E-state index in [0.717, 1.165) is 5.56 Å². The van der Waals surface area contributed by atoms with Gasteiger partial charge in [-0.1, -0.05) is 35.3 Å². The first-order valence-electron chi connectivity index (χ1n) is 6.60. The molecule has 0 aliphatic rings. The van der Waals surface area contributed by atoms with Crippen molar-refractivity contribution in [2.24, 2.45) is 0 Å². The van der Waals surface area contributed by atoms with Crippen LogP contribution >= 0.6 is 23.2 Å². The van der Waals surface area contributed by atoms with E-state index in [2.05, 4.69) is 4.98 Å². The Morgan fingerprint density at radius 2 is 2.00 bits per heavy atom. The van der Waals surface area contributed by atoms with Gasteiger partial charge < -0.3 is 9.52 Å². The van der Waals surface area contributed by atoms with Crippen molar-refractivity contribution in [2.75, 3.05) is 0 Å². The molecular formula is C16H11Cl2NO3. The van der Waals surface area contributed by atoms with Crippen LogP contribution in [0.1, 0.15) is 12.0 Å². The predicted molar refractivity (Wildman–Crippen MR) is 85.4 cm³/mol. The summed E-state index contributed by atoms with van der Waals surface area (Å²) in [5.74, 6) is -0.488. The molecule has 0 spiro atoms. The van der Waals surface area contributed by atoms with Crippen molar-refractivity contribution in [3.63, 3.8) is 0 Å². The number of nitrogens with zero attached hydrogens (tertiary/aromatic N) is 1. The largest absolute Gasteiger partial charge is 0.481 e. The molecule has 1 heterocycles. The standard InChI is InChI=1S/C16H11Cl2NO3/c17-10-7-9(5-6-14(20)21)15-13(8-10)19-16(22-15)11-3-1-2-4-12(11)18/h1-4,7-8H,5-6H2,(H,20,21). The number of carboxylic acid groups (broad SMARTS) is 1. The van der Waals surface area contributed by atoms with Crippen LogP contribution in [0.25, 0.3) is 22.6 Å². The highest BCUT2D eigenvalue weighted by Crippen LogP contribution is 2.32. The summed E-state index contributed by atoms with van der Waals surface area (Å²) >= 11 is 12.2. The molecule has 0 atom stereocenters. The molecular weight excluding hydrogens is 325 g/mol. The maximum Gasteiger partial charge on any atom is 0.303 e. The molecule has 0 saturated heterocycles. The Morgan fingerprint density at radius 1 is 1.23 bits per heavy atom. The zero-order valence-electron chi connectivity index (χ0n) is 11.3. The first-order valence-corrected chi connectivity index (χ1v) is 7.36. The summed E-state index contributed by atoms with van der Waals surface area (Å²) in [4.78, 5) is 15.2. The van der Waals surface area contributed by atoms with Gasteiger partial charge in [-0.3, -0.25) is 4.79 Å². The Hall–Kier alpha value is -2.04. The first kappa shape index (κ1) is 14.9. The Bertz CT molecular complexity index is 858. The third-order valence-corrected chi connectivity index (χ3v) is 3.79. The molecule has 0 aliphatic heterocycles. The average Bonchev–Trinajstić information content (AvgIpc) is 2.88. The van der Waals surface area contributed by atoms with Crippen LogP contribution in [0.3, 0.4) is 0 Å². The number of hydrogen-bond donors (Lipinski definition) is 1. The monoisotopic (exact) mass is 335 g/mol. The third kappa shape index (κ3) is 2.93. The summed E-state index contributed by atoms with van der Waals surface area (Å²) in [5.41, 5.74) is 2.53. The Balaban J connectivity index is 2.11. The molecule has 0 amide bonds. The Morgan fingerprint density at radius 3 is 2.73 bits per heavy atom. The molecule has 6 heteroatoms. The molecule has 3 aromatic rings. The van der Waals surface area contributed by atoms with E-state index in [-0.39, 0.29) is 6.42 Å². The number of carboxylic acids is 1. The van der Waals surface area contributed by atoms with Crippen LogP contribution < -0.4 is 0 Å². The fourth-order valence-corrected chi connectivity index (χ4v) is 2.69. The van der Waals surface area contributed by atoms with Gasteiger partial charge in [-0.25, -0.2) is 4.98 Å². The maximum absolute atomic E-state index is 10.8. The van der Waals surface area contributed by atoms with Crippen molar-refractivity contribution in [1.29, 1.82) is 0 Å². The van der Waals surface area contributed by atoms with E-state index in [4.69, 9.17) is 32.7 Å². The van der Waals surface area contributed by atoms with Crippen molar-refractivity contribution in [3.05, 3.63) is 52.0 Å². The number of rotatable bonds is 4. The van der Waals surface area contributed by atoms with Crippen molar-refractivity contribution >= 4 is 40.3 Å². The van der Waals surface area contributed by atoms with E-state index in [1.807, 2.05) is 18.2 Å². The third-order valence-electron chi connectivity index (χ3n) is 3.24. The van der Waals surface area contributed by atoms with Gasteiger partial charge in [0.05, 0.1) is 10.6 Å². The lowest BCUT2D eigenvalue weighted by molar-refractivity contribution is -0.136. The number of benzene rings is 2. The van der Waals surface area contributed by atoms with Crippen molar-refractivity contribution in [2.45, 2.75) is 12.8 Å². The van der Waals surface area contributed by atoms with E-state index in [1.54, 1.807) is 18.2 Å². The molecule has 3 rings (SSSR count). The van der Waals surface area contributed by atoms with Crippen molar-refractivity contribution < 1.29 is 14.3 Å². The smallest absolute Gasteiger partial charge is 0.303 e. The van der Waals surface area contributed by atoms with E-state index < -0.39 is 5.97 Å². The van der Waals surface area contributed by atoms with Gasteiger partial charge in [0, 0.05) is 11.4 Å². The van der Waals surface area contributed by atoms with Crippen LogP contribution in [0.15, 0.2) is 40.8 Å². The number of halogens is 2.